The number of unbranched alkanes of at least 4 members (excludes halogenated alkanes) is 7. The third-order valence-corrected chi connectivity index (χ3v) is 4.05. The third kappa shape index (κ3) is 15.0. The zero-order chi connectivity index (χ0) is 19.8. The van der Waals surface area contributed by atoms with Gasteiger partial charge in [-0.2, -0.15) is 0 Å². The van der Waals surface area contributed by atoms with Gasteiger partial charge in [0.05, 0.1) is 13.2 Å². The van der Waals surface area contributed by atoms with Crippen molar-refractivity contribution in [3.8, 4) is 0 Å². The molecular weight excluding hydrogens is 330 g/mol. The fourth-order valence-electron chi connectivity index (χ4n) is 2.46. The molecule has 0 bridgehead atoms. The maximum Gasteiger partial charge on any atom is 0.407 e. The lowest BCUT2D eigenvalue weighted by molar-refractivity contribution is -0.146. The Kier molecular flexibility index (Phi) is 14.1. The number of nitrogens with one attached hydrogen (secondary N) is 1. The van der Waals surface area contributed by atoms with Crippen molar-refractivity contribution in [2.45, 2.75) is 105 Å². The molecule has 154 valence electrons. The van der Waals surface area contributed by atoms with Crippen LogP contribution in [0.5, 0.6) is 0 Å². The van der Waals surface area contributed by atoms with Crippen molar-refractivity contribution >= 4 is 12.1 Å². The summed E-state index contributed by atoms with van der Waals surface area (Å²) in [5.74, 6) is -0.350. The molecule has 0 heterocycles. The molecule has 1 N–H and O–H groups in total. The minimum absolute atomic E-state index is 0.103. The molecule has 0 aromatic carbocycles. The van der Waals surface area contributed by atoms with Crippen LogP contribution in [0.25, 0.3) is 0 Å². The predicted octanol–water partition coefficient (Wildman–Crippen LogP) is 5.61. The summed E-state index contributed by atoms with van der Waals surface area (Å²) in [4.78, 5) is 24.2. The molecular formula is C21H41NO4. The number of alkyl carbamates (subject to hydrolysis) is 1. The molecule has 0 saturated carbocycles. The summed E-state index contributed by atoms with van der Waals surface area (Å²) in [6, 6.07) is -0.619. The Balaban J connectivity index is 4.11. The van der Waals surface area contributed by atoms with Crippen LogP contribution in [0.3, 0.4) is 0 Å². The SMILES string of the molecule is CCCCCCCCCOC(=O)C(CCCC)NC(=O)OCC(C)(C)C. The minimum Gasteiger partial charge on any atom is -0.464 e. The van der Waals surface area contributed by atoms with Crippen LogP contribution < -0.4 is 5.32 Å². The fraction of sp³-hybridized carbons (Fsp3) is 0.905. The Labute approximate surface area is 160 Å². The van der Waals surface area contributed by atoms with E-state index < -0.39 is 12.1 Å². The van der Waals surface area contributed by atoms with E-state index in [0.29, 0.717) is 19.6 Å². The number of amides is 1. The Morgan fingerprint density at radius 2 is 1.42 bits per heavy atom. The zero-order valence-corrected chi connectivity index (χ0v) is 17.7. The van der Waals surface area contributed by atoms with Crippen LogP contribution in [0.1, 0.15) is 98.8 Å². The summed E-state index contributed by atoms with van der Waals surface area (Å²) in [7, 11) is 0. The molecule has 0 aliphatic carbocycles. The molecule has 0 saturated heterocycles. The average molecular weight is 372 g/mol. The number of ether oxygens (including phenoxy) is 2. The predicted molar refractivity (Wildman–Crippen MR) is 106 cm³/mol. The van der Waals surface area contributed by atoms with E-state index in [4.69, 9.17) is 9.47 Å². The number of carbonyl (C=O) groups excluding carboxylic acids is 2. The van der Waals surface area contributed by atoms with Crippen LogP contribution in [0, 0.1) is 5.41 Å². The maximum absolute atomic E-state index is 12.3. The smallest absolute Gasteiger partial charge is 0.407 e. The van der Waals surface area contributed by atoms with E-state index in [1.165, 1.54) is 32.1 Å². The first-order valence-corrected chi connectivity index (χ1v) is 10.4. The van der Waals surface area contributed by atoms with Gasteiger partial charge in [0.2, 0.25) is 0 Å². The zero-order valence-electron chi connectivity index (χ0n) is 17.7. The van der Waals surface area contributed by atoms with E-state index in [1.54, 1.807) is 0 Å². The molecule has 0 spiro atoms. The lowest BCUT2D eigenvalue weighted by Crippen LogP contribution is -2.42. The van der Waals surface area contributed by atoms with Crippen molar-refractivity contribution < 1.29 is 19.1 Å². The second-order valence-corrected chi connectivity index (χ2v) is 8.26. The van der Waals surface area contributed by atoms with E-state index in [2.05, 4.69) is 19.2 Å². The lowest BCUT2D eigenvalue weighted by Gasteiger charge is -2.21. The molecule has 1 unspecified atom stereocenters. The van der Waals surface area contributed by atoms with Crippen molar-refractivity contribution in [3.63, 3.8) is 0 Å². The highest BCUT2D eigenvalue weighted by Gasteiger charge is 2.23. The van der Waals surface area contributed by atoms with Crippen LogP contribution in [-0.4, -0.2) is 31.3 Å². The summed E-state index contributed by atoms with van der Waals surface area (Å²) >= 11 is 0. The van der Waals surface area contributed by atoms with E-state index in [-0.39, 0.29) is 11.4 Å². The van der Waals surface area contributed by atoms with Crippen LogP contribution in [-0.2, 0) is 14.3 Å². The number of rotatable bonds is 14. The summed E-state index contributed by atoms with van der Waals surface area (Å²) in [6.07, 6.45) is 10.1. The number of carbonyl (C=O) groups is 2. The summed E-state index contributed by atoms with van der Waals surface area (Å²) in [5.41, 5.74) is -0.103. The van der Waals surface area contributed by atoms with Crippen LogP contribution >= 0.6 is 0 Å². The van der Waals surface area contributed by atoms with Gasteiger partial charge >= 0.3 is 12.1 Å². The van der Waals surface area contributed by atoms with Gasteiger partial charge in [-0.1, -0.05) is 86.0 Å². The molecule has 0 aliphatic heterocycles. The average Bonchev–Trinajstić information content (AvgIpc) is 2.58. The van der Waals surface area contributed by atoms with Gasteiger partial charge in [0.1, 0.15) is 6.04 Å². The topological polar surface area (TPSA) is 64.6 Å². The van der Waals surface area contributed by atoms with Crippen molar-refractivity contribution in [2.24, 2.45) is 5.41 Å². The van der Waals surface area contributed by atoms with E-state index >= 15 is 0 Å². The summed E-state index contributed by atoms with van der Waals surface area (Å²) < 4.78 is 10.6. The highest BCUT2D eigenvalue weighted by Crippen LogP contribution is 2.13. The highest BCUT2D eigenvalue weighted by atomic mass is 16.6. The standard InChI is InChI=1S/C21H41NO4/c1-6-8-10-11-12-13-14-16-25-19(23)18(15-9-7-2)22-20(24)26-17-21(3,4)5/h18H,6-17H2,1-5H3,(H,22,24). The molecule has 1 amide bonds. The quantitative estimate of drug-likeness (QED) is 0.318. The molecule has 0 aliphatic rings. The number of esters is 1. The maximum atomic E-state index is 12.3. The second kappa shape index (κ2) is 14.9. The molecule has 0 rings (SSSR count). The van der Waals surface area contributed by atoms with Crippen molar-refractivity contribution in [2.75, 3.05) is 13.2 Å². The van der Waals surface area contributed by atoms with Gasteiger partial charge in [0, 0.05) is 0 Å². The van der Waals surface area contributed by atoms with Gasteiger partial charge in [-0.3, -0.25) is 0 Å². The Bertz CT molecular complexity index is 377. The minimum atomic E-state index is -0.619. The van der Waals surface area contributed by atoms with Gasteiger partial charge in [0.15, 0.2) is 0 Å². The summed E-state index contributed by atoms with van der Waals surface area (Å²) in [6.45, 7) is 11.0. The Morgan fingerprint density at radius 3 is 2.00 bits per heavy atom. The molecule has 0 radical (unpaired) electrons. The van der Waals surface area contributed by atoms with Gasteiger partial charge in [-0.05, 0) is 18.3 Å². The Hall–Kier alpha value is -1.26. The first-order valence-electron chi connectivity index (χ1n) is 10.4. The van der Waals surface area contributed by atoms with E-state index in [0.717, 1.165) is 25.7 Å². The third-order valence-electron chi connectivity index (χ3n) is 4.05. The van der Waals surface area contributed by atoms with Gasteiger partial charge < -0.3 is 14.8 Å². The van der Waals surface area contributed by atoms with Crippen LogP contribution in [0.15, 0.2) is 0 Å². The summed E-state index contributed by atoms with van der Waals surface area (Å²) in [5, 5.41) is 2.66. The van der Waals surface area contributed by atoms with Crippen LogP contribution in [0.4, 0.5) is 4.79 Å². The van der Waals surface area contributed by atoms with Crippen molar-refractivity contribution in [3.05, 3.63) is 0 Å². The fourth-order valence-corrected chi connectivity index (χ4v) is 2.46. The molecule has 5 nitrogen and oxygen atoms in total. The Morgan fingerprint density at radius 1 is 0.846 bits per heavy atom. The molecule has 26 heavy (non-hydrogen) atoms. The molecule has 0 fully saturated rings. The number of hydrogen-bond acceptors (Lipinski definition) is 4. The first-order chi connectivity index (χ1) is 12.3. The first kappa shape index (κ1) is 24.7. The van der Waals surface area contributed by atoms with Crippen LogP contribution in [0.2, 0.25) is 0 Å². The van der Waals surface area contributed by atoms with Gasteiger partial charge in [-0.15, -0.1) is 0 Å². The highest BCUT2D eigenvalue weighted by molar-refractivity contribution is 5.81. The van der Waals surface area contributed by atoms with E-state index in [9.17, 15) is 9.59 Å². The molecule has 0 aromatic heterocycles. The van der Waals surface area contributed by atoms with Crippen molar-refractivity contribution in [1.29, 1.82) is 0 Å². The number of hydrogen-bond donors (Lipinski definition) is 1. The second-order valence-electron chi connectivity index (χ2n) is 8.26. The largest absolute Gasteiger partial charge is 0.464 e. The van der Waals surface area contributed by atoms with Gasteiger partial charge in [0.25, 0.3) is 0 Å². The van der Waals surface area contributed by atoms with Crippen molar-refractivity contribution in [1.82, 2.24) is 5.32 Å². The molecule has 1 atom stereocenters. The monoisotopic (exact) mass is 371 g/mol. The lowest BCUT2D eigenvalue weighted by atomic mass is 9.99. The normalized spacial score (nSPS) is 12.5. The van der Waals surface area contributed by atoms with E-state index in [1.807, 2.05) is 20.8 Å². The van der Waals surface area contributed by atoms with Gasteiger partial charge in [-0.25, -0.2) is 9.59 Å². The molecule has 5 heteroatoms. The molecule has 0 aromatic rings.